The van der Waals surface area contributed by atoms with Gasteiger partial charge in [0.15, 0.2) is 0 Å². The van der Waals surface area contributed by atoms with Crippen molar-refractivity contribution in [2.75, 3.05) is 18.4 Å². The first-order valence-electron chi connectivity index (χ1n) is 9.47. The van der Waals surface area contributed by atoms with E-state index in [2.05, 4.69) is 10.4 Å². The quantitative estimate of drug-likeness (QED) is 0.903. The van der Waals surface area contributed by atoms with Gasteiger partial charge in [0.25, 0.3) is 0 Å². The summed E-state index contributed by atoms with van der Waals surface area (Å²) in [6.07, 6.45) is 3.48. The number of likely N-dealkylation sites (tertiary alicyclic amines) is 1. The van der Waals surface area contributed by atoms with E-state index in [0.29, 0.717) is 12.2 Å². The fourth-order valence-corrected chi connectivity index (χ4v) is 3.38. The first kappa shape index (κ1) is 19.1. The van der Waals surface area contributed by atoms with Gasteiger partial charge in [0, 0.05) is 18.5 Å². The van der Waals surface area contributed by atoms with Gasteiger partial charge in [-0.05, 0) is 31.9 Å². The van der Waals surface area contributed by atoms with Gasteiger partial charge in [0.05, 0.1) is 29.2 Å². The van der Waals surface area contributed by atoms with Crippen LogP contribution in [-0.4, -0.2) is 39.6 Å². The second-order valence-electron chi connectivity index (χ2n) is 8.24. The molecule has 6 nitrogen and oxygen atoms in total. The zero-order valence-electron chi connectivity index (χ0n) is 16.5. The van der Waals surface area contributed by atoms with Gasteiger partial charge in [-0.25, -0.2) is 4.68 Å². The highest BCUT2D eigenvalue weighted by Gasteiger charge is 2.33. The molecule has 1 N–H and O–H groups in total. The maximum Gasteiger partial charge on any atom is 0.229 e. The van der Waals surface area contributed by atoms with Gasteiger partial charge in [-0.3, -0.25) is 9.59 Å². The van der Waals surface area contributed by atoms with Crippen molar-refractivity contribution in [1.82, 2.24) is 14.7 Å². The van der Waals surface area contributed by atoms with E-state index in [-0.39, 0.29) is 17.7 Å². The molecule has 2 aromatic rings. The first-order chi connectivity index (χ1) is 12.8. The molecule has 0 spiro atoms. The predicted molar refractivity (Wildman–Crippen MR) is 106 cm³/mol. The second kappa shape index (κ2) is 7.55. The van der Waals surface area contributed by atoms with Crippen molar-refractivity contribution in [3.63, 3.8) is 0 Å². The average molecular weight is 368 g/mol. The summed E-state index contributed by atoms with van der Waals surface area (Å²) in [5, 5.41) is 7.50. The number of hydrogen-bond donors (Lipinski definition) is 1. The predicted octanol–water partition coefficient (Wildman–Crippen LogP) is 3.40. The van der Waals surface area contributed by atoms with Crippen LogP contribution >= 0.6 is 0 Å². The molecule has 1 saturated heterocycles. The Bertz CT molecular complexity index is 820. The molecule has 3 rings (SSSR count). The van der Waals surface area contributed by atoms with Crippen LogP contribution in [0.1, 0.15) is 39.3 Å². The van der Waals surface area contributed by atoms with E-state index in [0.717, 1.165) is 30.8 Å². The van der Waals surface area contributed by atoms with Crippen LogP contribution in [-0.2, 0) is 9.59 Å². The highest BCUT2D eigenvalue weighted by atomic mass is 16.2. The first-order valence-corrected chi connectivity index (χ1v) is 9.47. The Hall–Kier alpha value is -2.63. The normalized spacial score (nSPS) is 17.6. The fourth-order valence-electron chi connectivity index (χ4n) is 3.38. The Morgan fingerprint density at radius 2 is 1.89 bits per heavy atom. The topological polar surface area (TPSA) is 67.2 Å². The van der Waals surface area contributed by atoms with E-state index >= 15 is 0 Å². The molecule has 1 unspecified atom stereocenters. The summed E-state index contributed by atoms with van der Waals surface area (Å²) in [7, 11) is 0. The number of benzene rings is 1. The highest BCUT2D eigenvalue weighted by molar-refractivity contribution is 5.93. The molecule has 27 heavy (non-hydrogen) atoms. The number of carbonyl (C=O) groups excluding carboxylic acids is 2. The third-order valence-electron chi connectivity index (χ3n) is 4.90. The van der Waals surface area contributed by atoms with E-state index < -0.39 is 5.41 Å². The number of rotatable bonds is 3. The van der Waals surface area contributed by atoms with Crippen molar-refractivity contribution in [1.29, 1.82) is 0 Å². The summed E-state index contributed by atoms with van der Waals surface area (Å²) in [5.41, 5.74) is 2.00. The molecular formula is C21H28N4O2. The molecule has 144 valence electrons. The van der Waals surface area contributed by atoms with Gasteiger partial charge in [0.2, 0.25) is 11.8 Å². The molecule has 2 heterocycles. The Kier molecular flexibility index (Phi) is 5.35. The number of para-hydroxylation sites is 1. The number of nitrogens with one attached hydrogen (secondary N) is 1. The fraction of sp³-hybridized carbons (Fsp3) is 0.476. The largest absolute Gasteiger partial charge is 0.341 e. The highest BCUT2D eigenvalue weighted by Crippen LogP contribution is 2.25. The van der Waals surface area contributed by atoms with Crippen LogP contribution in [0.5, 0.6) is 0 Å². The Labute approximate surface area is 160 Å². The van der Waals surface area contributed by atoms with Crippen molar-refractivity contribution in [3.05, 3.63) is 42.2 Å². The van der Waals surface area contributed by atoms with Crippen LogP contribution in [0.3, 0.4) is 0 Å². The average Bonchev–Trinajstić information content (AvgIpc) is 3.01. The van der Waals surface area contributed by atoms with Crippen LogP contribution in [0.2, 0.25) is 0 Å². The molecule has 1 atom stereocenters. The summed E-state index contributed by atoms with van der Waals surface area (Å²) in [5.74, 6) is -0.130. The molecule has 2 amide bonds. The van der Waals surface area contributed by atoms with Crippen molar-refractivity contribution in [2.45, 2.75) is 40.5 Å². The minimum absolute atomic E-state index is 0.0443. The summed E-state index contributed by atoms with van der Waals surface area (Å²) >= 11 is 0. The lowest BCUT2D eigenvalue weighted by Gasteiger charge is -2.35. The third-order valence-corrected chi connectivity index (χ3v) is 4.90. The van der Waals surface area contributed by atoms with Crippen molar-refractivity contribution >= 4 is 17.5 Å². The van der Waals surface area contributed by atoms with Crippen molar-refractivity contribution in [3.8, 4) is 5.69 Å². The monoisotopic (exact) mass is 368 g/mol. The van der Waals surface area contributed by atoms with Gasteiger partial charge < -0.3 is 10.2 Å². The minimum Gasteiger partial charge on any atom is -0.341 e. The van der Waals surface area contributed by atoms with Crippen LogP contribution in [0, 0.1) is 18.3 Å². The number of piperidine rings is 1. The zero-order valence-corrected chi connectivity index (χ0v) is 16.5. The van der Waals surface area contributed by atoms with Gasteiger partial charge in [0.1, 0.15) is 0 Å². The summed E-state index contributed by atoms with van der Waals surface area (Å²) < 4.78 is 1.77. The smallest absolute Gasteiger partial charge is 0.229 e. The van der Waals surface area contributed by atoms with Crippen LogP contribution in [0.4, 0.5) is 5.69 Å². The number of aryl methyl sites for hydroxylation is 1. The molecule has 1 aliphatic rings. The van der Waals surface area contributed by atoms with E-state index in [9.17, 15) is 9.59 Å². The molecule has 1 aromatic carbocycles. The Morgan fingerprint density at radius 3 is 2.56 bits per heavy atom. The minimum atomic E-state index is -0.425. The van der Waals surface area contributed by atoms with E-state index in [1.54, 1.807) is 4.68 Å². The second-order valence-corrected chi connectivity index (χ2v) is 8.24. The molecule has 1 aromatic heterocycles. The van der Waals surface area contributed by atoms with Crippen LogP contribution in [0.15, 0.2) is 36.5 Å². The van der Waals surface area contributed by atoms with Gasteiger partial charge in [-0.15, -0.1) is 0 Å². The molecule has 1 fully saturated rings. The Morgan fingerprint density at radius 1 is 1.19 bits per heavy atom. The number of carbonyl (C=O) groups is 2. The van der Waals surface area contributed by atoms with E-state index in [4.69, 9.17) is 0 Å². The Balaban J connectivity index is 1.69. The lowest BCUT2D eigenvalue weighted by molar-refractivity contribution is -0.142. The maximum atomic E-state index is 12.8. The van der Waals surface area contributed by atoms with Crippen LogP contribution in [0.25, 0.3) is 5.69 Å². The summed E-state index contributed by atoms with van der Waals surface area (Å²) in [6.45, 7) is 8.84. The van der Waals surface area contributed by atoms with Crippen LogP contribution < -0.4 is 5.32 Å². The molecule has 0 radical (unpaired) electrons. The summed E-state index contributed by atoms with van der Waals surface area (Å²) in [6, 6.07) is 9.79. The SMILES string of the molecule is Cc1nn(-c2ccccc2)cc1NC(=O)C1CCCN(C(=O)C(C)(C)C)C1. The van der Waals surface area contributed by atoms with Gasteiger partial charge >= 0.3 is 0 Å². The van der Waals surface area contributed by atoms with E-state index in [1.165, 1.54) is 0 Å². The summed E-state index contributed by atoms with van der Waals surface area (Å²) in [4.78, 5) is 27.2. The molecule has 1 aliphatic heterocycles. The molecule has 0 aliphatic carbocycles. The van der Waals surface area contributed by atoms with E-state index in [1.807, 2.05) is 69.1 Å². The standard InChI is InChI=1S/C21H28N4O2/c1-15-18(14-25(23-15)17-10-6-5-7-11-17)22-19(26)16-9-8-12-24(13-16)20(27)21(2,3)4/h5-7,10-11,14,16H,8-9,12-13H2,1-4H3,(H,22,26). The number of amides is 2. The number of anilines is 1. The number of aromatic nitrogens is 2. The number of nitrogens with zero attached hydrogens (tertiary/aromatic N) is 3. The molecule has 6 heteroatoms. The molecule has 0 saturated carbocycles. The number of hydrogen-bond acceptors (Lipinski definition) is 3. The molecular weight excluding hydrogens is 340 g/mol. The van der Waals surface area contributed by atoms with Gasteiger partial charge in [-0.1, -0.05) is 39.0 Å². The van der Waals surface area contributed by atoms with Gasteiger partial charge in [-0.2, -0.15) is 5.10 Å². The van der Waals surface area contributed by atoms with Crippen molar-refractivity contribution < 1.29 is 9.59 Å². The lowest BCUT2D eigenvalue weighted by Crippen LogP contribution is -2.47. The zero-order chi connectivity index (χ0) is 19.6. The third kappa shape index (κ3) is 4.38. The maximum absolute atomic E-state index is 12.8. The lowest BCUT2D eigenvalue weighted by atomic mass is 9.91. The molecule has 0 bridgehead atoms. The van der Waals surface area contributed by atoms with Crippen molar-refractivity contribution in [2.24, 2.45) is 11.3 Å².